The van der Waals surface area contributed by atoms with E-state index in [1.165, 1.54) is 11.1 Å². The average Bonchev–Trinajstić information content (AvgIpc) is 2.26. The molecule has 1 heterocycles. The lowest BCUT2D eigenvalue weighted by Gasteiger charge is -2.42. The van der Waals surface area contributed by atoms with Crippen molar-refractivity contribution in [2.75, 3.05) is 5.75 Å². The Morgan fingerprint density at radius 3 is 2.50 bits per heavy atom. The number of rotatable bonds is 1. The Balaban J connectivity index is 2.56. The number of hydrogen-bond acceptors (Lipinski definition) is 2. The molecule has 16 heavy (non-hydrogen) atoms. The van der Waals surface area contributed by atoms with Crippen LogP contribution in [0.3, 0.4) is 0 Å². The van der Waals surface area contributed by atoms with Crippen molar-refractivity contribution in [3.8, 4) is 6.07 Å². The van der Waals surface area contributed by atoms with E-state index in [4.69, 9.17) is 5.26 Å². The van der Waals surface area contributed by atoms with Crippen molar-refractivity contribution < 1.29 is 0 Å². The largest absolute Gasteiger partial charge is 0.198 e. The predicted octanol–water partition coefficient (Wildman–Crippen LogP) is 3.84. The second-order valence-corrected chi connectivity index (χ2v) is 6.76. The van der Waals surface area contributed by atoms with Gasteiger partial charge in [-0.1, -0.05) is 38.1 Å². The molecule has 0 saturated heterocycles. The number of nitrogens with zero attached hydrogens (tertiary/aromatic N) is 1. The summed E-state index contributed by atoms with van der Waals surface area (Å²) in [6, 6.07) is 10.9. The Labute approximate surface area is 102 Å². The molecule has 84 valence electrons. The molecule has 1 aliphatic rings. The van der Waals surface area contributed by atoms with Crippen LogP contribution in [-0.2, 0) is 10.2 Å². The molecule has 2 rings (SSSR count). The molecule has 0 amide bonds. The lowest BCUT2D eigenvalue weighted by Crippen LogP contribution is -2.34. The third-order valence-corrected chi connectivity index (χ3v) is 5.26. The Morgan fingerprint density at radius 2 is 1.88 bits per heavy atom. The van der Waals surface area contributed by atoms with Crippen molar-refractivity contribution in [3.63, 3.8) is 0 Å². The van der Waals surface area contributed by atoms with Gasteiger partial charge in [0, 0.05) is 5.75 Å². The summed E-state index contributed by atoms with van der Waals surface area (Å²) in [4.78, 5) is 0. The first kappa shape index (κ1) is 11.5. The molecule has 1 aliphatic heterocycles. The van der Waals surface area contributed by atoms with Crippen LogP contribution in [0, 0.1) is 11.3 Å². The predicted molar refractivity (Wildman–Crippen MR) is 69.5 cm³/mol. The second kappa shape index (κ2) is 3.82. The van der Waals surface area contributed by atoms with E-state index in [0.717, 1.165) is 5.75 Å². The highest BCUT2D eigenvalue weighted by molar-refractivity contribution is 8.00. The van der Waals surface area contributed by atoms with Gasteiger partial charge in [0.05, 0.1) is 17.2 Å². The normalized spacial score (nSPS) is 26.9. The van der Waals surface area contributed by atoms with E-state index in [1.54, 1.807) is 0 Å². The maximum atomic E-state index is 8.98. The number of benzene rings is 1. The molecule has 0 saturated carbocycles. The third kappa shape index (κ3) is 1.74. The zero-order valence-electron chi connectivity index (χ0n) is 10.1. The highest BCUT2D eigenvalue weighted by Gasteiger charge is 2.39. The average molecular weight is 231 g/mol. The van der Waals surface area contributed by atoms with E-state index in [0.29, 0.717) is 6.42 Å². The number of hydrogen-bond donors (Lipinski definition) is 0. The first-order valence-electron chi connectivity index (χ1n) is 5.60. The fourth-order valence-electron chi connectivity index (χ4n) is 2.33. The van der Waals surface area contributed by atoms with Gasteiger partial charge in [-0.05, 0) is 23.5 Å². The molecule has 1 atom stereocenters. The topological polar surface area (TPSA) is 23.8 Å². The fraction of sp³-hybridized carbons (Fsp3) is 0.500. The number of thioether (sulfide) groups is 1. The quantitative estimate of drug-likeness (QED) is 0.733. The van der Waals surface area contributed by atoms with Crippen LogP contribution in [0.2, 0.25) is 0 Å². The fourth-order valence-corrected chi connectivity index (χ4v) is 3.66. The molecular weight excluding hydrogens is 214 g/mol. The van der Waals surface area contributed by atoms with Crippen LogP contribution in [0.5, 0.6) is 0 Å². The van der Waals surface area contributed by atoms with Gasteiger partial charge in [-0.15, -0.1) is 11.8 Å². The van der Waals surface area contributed by atoms with E-state index in [2.05, 4.69) is 51.1 Å². The van der Waals surface area contributed by atoms with Gasteiger partial charge in [-0.2, -0.15) is 5.26 Å². The van der Waals surface area contributed by atoms with Crippen molar-refractivity contribution >= 4 is 11.8 Å². The Kier molecular flexibility index (Phi) is 2.75. The lowest BCUT2D eigenvalue weighted by molar-refractivity contribution is 0.550. The maximum Gasteiger partial charge on any atom is 0.0639 e. The van der Waals surface area contributed by atoms with Gasteiger partial charge in [0.2, 0.25) is 0 Å². The molecule has 0 N–H and O–H groups in total. The van der Waals surface area contributed by atoms with Gasteiger partial charge in [0.1, 0.15) is 0 Å². The second-order valence-electron chi connectivity index (χ2n) is 5.28. The third-order valence-electron chi connectivity index (χ3n) is 3.39. The van der Waals surface area contributed by atoms with Crippen LogP contribution in [-0.4, -0.2) is 5.75 Å². The molecule has 0 bridgehead atoms. The molecular formula is C14H17NS. The van der Waals surface area contributed by atoms with Crippen LogP contribution in [0.1, 0.15) is 38.3 Å². The van der Waals surface area contributed by atoms with Crippen LogP contribution >= 0.6 is 11.8 Å². The minimum absolute atomic E-state index is 0.0269. The van der Waals surface area contributed by atoms with E-state index in [-0.39, 0.29) is 10.2 Å². The molecule has 2 heteroatoms. The van der Waals surface area contributed by atoms with Gasteiger partial charge in [-0.3, -0.25) is 0 Å². The van der Waals surface area contributed by atoms with Crippen molar-refractivity contribution in [2.24, 2.45) is 0 Å². The van der Waals surface area contributed by atoms with Crippen LogP contribution in [0.15, 0.2) is 24.3 Å². The van der Waals surface area contributed by atoms with Gasteiger partial charge in [0.15, 0.2) is 0 Å². The first-order valence-corrected chi connectivity index (χ1v) is 6.59. The molecule has 1 aromatic carbocycles. The highest BCUT2D eigenvalue weighted by atomic mass is 32.2. The first-order chi connectivity index (χ1) is 7.49. The zero-order chi connectivity index (χ0) is 11.8. The van der Waals surface area contributed by atoms with Crippen LogP contribution in [0.25, 0.3) is 0 Å². The van der Waals surface area contributed by atoms with Crippen molar-refractivity contribution in [1.29, 1.82) is 5.26 Å². The summed E-state index contributed by atoms with van der Waals surface area (Å²) in [7, 11) is 0. The molecule has 1 aromatic rings. The standard InChI is InChI=1S/C14H17NS/c1-13(2)10-16-14(3,8-9-15)12-7-5-4-6-11(12)13/h4-7H,8,10H2,1-3H3. The monoisotopic (exact) mass is 231 g/mol. The summed E-state index contributed by atoms with van der Waals surface area (Å²) >= 11 is 1.92. The Morgan fingerprint density at radius 1 is 1.25 bits per heavy atom. The lowest BCUT2D eigenvalue weighted by atomic mass is 9.78. The summed E-state index contributed by atoms with van der Waals surface area (Å²) in [6.07, 6.45) is 0.588. The maximum absolute atomic E-state index is 8.98. The summed E-state index contributed by atoms with van der Waals surface area (Å²) in [6.45, 7) is 6.75. The molecule has 0 aromatic heterocycles. The van der Waals surface area contributed by atoms with Gasteiger partial charge in [0.25, 0.3) is 0 Å². The van der Waals surface area contributed by atoms with E-state index < -0.39 is 0 Å². The molecule has 0 radical (unpaired) electrons. The number of nitriles is 1. The molecule has 1 unspecified atom stereocenters. The zero-order valence-corrected chi connectivity index (χ0v) is 10.9. The van der Waals surface area contributed by atoms with E-state index in [9.17, 15) is 0 Å². The van der Waals surface area contributed by atoms with Crippen molar-refractivity contribution in [1.82, 2.24) is 0 Å². The minimum atomic E-state index is -0.0269. The highest BCUT2D eigenvalue weighted by Crippen LogP contribution is 2.50. The minimum Gasteiger partial charge on any atom is -0.198 e. The van der Waals surface area contributed by atoms with Crippen LogP contribution < -0.4 is 0 Å². The summed E-state index contributed by atoms with van der Waals surface area (Å²) in [5, 5.41) is 8.98. The summed E-state index contributed by atoms with van der Waals surface area (Å²) in [5.74, 6) is 1.09. The van der Waals surface area contributed by atoms with E-state index in [1.807, 2.05) is 11.8 Å². The van der Waals surface area contributed by atoms with Crippen LogP contribution in [0.4, 0.5) is 0 Å². The molecule has 0 aliphatic carbocycles. The van der Waals surface area contributed by atoms with Crippen molar-refractivity contribution in [2.45, 2.75) is 37.4 Å². The molecule has 0 fully saturated rings. The molecule has 1 nitrogen and oxygen atoms in total. The smallest absolute Gasteiger partial charge is 0.0639 e. The number of fused-ring (bicyclic) bond motifs is 1. The van der Waals surface area contributed by atoms with Gasteiger partial charge >= 0.3 is 0 Å². The Bertz CT molecular complexity index is 444. The summed E-state index contributed by atoms with van der Waals surface area (Å²) in [5.41, 5.74) is 2.97. The van der Waals surface area contributed by atoms with Crippen molar-refractivity contribution in [3.05, 3.63) is 35.4 Å². The van der Waals surface area contributed by atoms with E-state index >= 15 is 0 Å². The van der Waals surface area contributed by atoms with Gasteiger partial charge in [-0.25, -0.2) is 0 Å². The van der Waals surface area contributed by atoms with Gasteiger partial charge < -0.3 is 0 Å². The summed E-state index contributed by atoms with van der Waals surface area (Å²) < 4.78 is -0.0269. The molecule has 0 spiro atoms. The Hall–Kier alpha value is -0.940. The SMILES string of the molecule is CC1(C)CSC(C)(CC#N)c2ccccc21.